The minimum atomic E-state index is -0.650. The molecule has 1 fully saturated rings. The van der Waals surface area contributed by atoms with Gasteiger partial charge in [0.15, 0.2) is 0 Å². The molecule has 0 amide bonds. The Hall–Kier alpha value is -3.49. The van der Waals surface area contributed by atoms with Crippen LogP contribution in [0.5, 0.6) is 0 Å². The van der Waals surface area contributed by atoms with Crippen LogP contribution >= 0.6 is 0 Å². The third-order valence-corrected chi connectivity index (χ3v) is 4.41. The van der Waals surface area contributed by atoms with E-state index in [0.29, 0.717) is 12.6 Å². The molecule has 4 rings (SSSR count). The van der Waals surface area contributed by atoms with Crippen LogP contribution in [0.15, 0.2) is 42.5 Å². The topological polar surface area (TPSA) is 116 Å². The number of anilines is 1. The Labute approximate surface area is 147 Å². The molecule has 0 radical (unpaired) electrons. The molecule has 2 aromatic carbocycles. The first-order valence-electron chi connectivity index (χ1n) is 8.17. The fourth-order valence-electron chi connectivity index (χ4n) is 3.07. The van der Waals surface area contributed by atoms with Gasteiger partial charge in [0, 0.05) is 12.1 Å². The summed E-state index contributed by atoms with van der Waals surface area (Å²) in [6.07, 6.45) is 2.18. The van der Waals surface area contributed by atoms with Gasteiger partial charge < -0.3 is 9.88 Å². The van der Waals surface area contributed by atoms with Crippen LogP contribution in [0.1, 0.15) is 24.7 Å². The summed E-state index contributed by atoms with van der Waals surface area (Å²) >= 11 is 0. The number of fused-ring (bicyclic) bond motifs is 1. The van der Waals surface area contributed by atoms with E-state index in [9.17, 15) is 20.2 Å². The molecule has 0 unspecified atom stereocenters. The lowest BCUT2D eigenvalue weighted by Gasteiger charge is -2.10. The van der Waals surface area contributed by atoms with Crippen LogP contribution in [0.3, 0.4) is 0 Å². The highest BCUT2D eigenvalue weighted by molar-refractivity contribution is 5.76. The largest absolute Gasteiger partial charge is 0.372 e. The number of nitrogens with zero attached hydrogens (tertiary/aromatic N) is 4. The molecule has 0 atom stereocenters. The quantitative estimate of drug-likeness (QED) is 0.532. The van der Waals surface area contributed by atoms with Crippen LogP contribution in [0, 0.1) is 20.2 Å². The summed E-state index contributed by atoms with van der Waals surface area (Å²) in [5.41, 5.74) is 1.52. The Bertz CT molecular complexity index is 1030. The minimum absolute atomic E-state index is 0.231. The highest BCUT2D eigenvalue weighted by Gasteiger charge is 2.28. The maximum Gasteiger partial charge on any atom is 0.299 e. The Balaban J connectivity index is 1.66. The number of imidazole rings is 1. The predicted octanol–water partition coefficient (Wildman–Crippen LogP) is 3.80. The van der Waals surface area contributed by atoms with Gasteiger partial charge in [0.2, 0.25) is 0 Å². The van der Waals surface area contributed by atoms with Crippen molar-refractivity contribution in [3.05, 3.63) is 68.5 Å². The lowest BCUT2D eigenvalue weighted by Crippen LogP contribution is -2.09. The van der Waals surface area contributed by atoms with Crippen molar-refractivity contribution >= 4 is 28.1 Å². The molecule has 0 saturated heterocycles. The summed E-state index contributed by atoms with van der Waals surface area (Å²) in [6.45, 7) is 0.295. The number of nitro benzene ring substituents is 2. The van der Waals surface area contributed by atoms with E-state index in [-0.39, 0.29) is 17.1 Å². The van der Waals surface area contributed by atoms with E-state index in [0.717, 1.165) is 35.8 Å². The van der Waals surface area contributed by atoms with Crippen LogP contribution in [0.2, 0.25) is 0 Å². The first kappa shape index (κ1) is 16.0. The zero-order chi connectivity index (χ0) is 18.3. The molecule has 1 aliphatic rings. The molecule has 9 heteroatoms. The van der Waals surface area contributed by atoms with Gasteiger partial charge in [-0.2, -0.15) is 0 Å². The maximum atomic E-state index is 11.3. The Kier molecular flexibility index (Phi) is 3.76. The van der Waals surface area contributed by atoms with Gasteiger partial charge in [-0.1, -0.05) is 12.1 Å². The first-order chi connectivity index (χ1) is 12.5. The summed E-state index contributed by atoms with van der Waals surface area (Å²) in [4.78, 5) is 25.5. The van der Waals surface area contributed by atoms with Crippen LogP contribution in [0.4, 0.5) is 17.1 Å². The zero-order valence-electron chi connectivity index (χ0n) is 13.7. The zero-order valence-corrected chi connectivity index (χ0v) is 13.7. The van der Waals surface area contributed by atoms with E-state index in [1.54, 1.807) is 0 Å². The Morgan fingerprint density at radius 3 is 2.58 bits per heavy atom. The molecule has 1 aromatic heterocycles. The number of para-hydroxylation sites is 2. The molecule has 1 aliphatic carbocycles. The van der Waals surface area contributed by atoms with E-state index in [1.165, 1.54) is 12.1 Å². The number of nitro groups is 2. The summed E-state index contributed by atoms with van der Waals surface area (Å²) in [7, 11) is 0. The van der Waals surface area contributed by atoms with Gasteiger partial charge >= 0.3 is 0 Å². The van der Waals surface area contributed by atoms with Gasteiger partial charge in [-0.05, 0) is 31.0 Å². The summed E-state index contributed by atoms with van der Waals surface area (Å²) in [5.74, 6) is 0.793. The smallest absolute Gasteiger partial charge is 0.299 e. The molecule has 1 N–H and O–H groups in total. The van der Waals surface area contributed by atoms with Crippen LogP contribution in [0.25, 0.3) is 11.0 Å². The van der Waals surface area contributed by atoms with Crippen molar-refractivity contribution in [3.63, 3.8) is 0 Å². The number of hydrogen-bond acceptors (Lipinski definition) is 6. The van der Waals surface area contributed by atoms with Crippen molar-refractivity contribution in [2.24, 2.45) is 0 Å². The van der Waals surface area contributed by atoms with Crippen molar-refractivity contribution in [1.82, 2.24) is 9.55 Å². The molecule has 1 saturated carbocycles. The molecule has 26 heavy (non-hydrogen) atoms. The minimum Gasteiger partial charge on any atom is -0.372 e. The van der Waals surface area contributed by atoms with Gasteiger partial charge in [0.1, 0.15) is 11.5 Å². The number of nitrogens with one attached hydrogen (secondary N) is 1. The van der Waals surface area contributed by atoms with Crippen molar-refractivity contribution in [1.29, 1.82) is 0 Å². The maximum absolute atomic E-state index is 11.3. The molecule has 1 heterocycles. The Morgan fingerprint density at radius 1 is 1.12 bits per heavy atom. The number of rotatable bonds is 6. The second kappa shape index (κ2) is 6.10. The van der Waals surface area contributed by atoms with E-state index >= 15 is 0 Å². The average molecular weight is 353 g/mol. The number of hydrogen-bond donors (Lipinski definition) is 1. The van der Waals surface area contributed by atoms with Crippen LogP contribution in [-0.4, -0.2) is 19.4 Å². The fourth-order valence-corrected chi connectivity index (χ4v) is 3.07. The number of benzene rings is 2. The van der Waals surface area contributed by atoms with Gasteiger partial charge in [0.05, 0.1) is 33.5 Å². The van der Waals surface area contributed by atoms with Crippen LogP contribution in [-0.2, 0) is 6.54 Å². The highest BCUT2D eigenvalue weighted by Crippen LogP contribution is 2.39. The van der Waals surface area contributed by atoms with Gasteiger partial charge in [0.25, 0.3) is 11.4 Å². The third-order valence-electron chi connectivity index (χ3n) is 4.41. The molecule has 0 bridgehead atoms. The number of aromatic nitrogens is 2. The molecule has 132 valence electrons. The molecule has 0 spiro atoms. The fraction of sp³-hybridized carbons (Fsp3) is 0.235. The molecule has 9 nitrogen and oxygen atoms in total. The molecular formula is C17H15N5O4. The van der Waals surface area contributed by atoms with Crippen molar-refractivity contribution in [3.8, 4) is 0 Å². The lowest BCUT2D eigenvalue weighted by molar-refractivity contribution is -0.393. The van der Waals surface area contributed by atoms with Crippen molar-refractivity contribution < 1.29 is 9.85 Å². The van der Waals surface area contributed by atoms with Crippen molar-refractivity contribution in [2.75, 3.05) is 5.32 Å². The Morgan fingerprint density at radius 2 is 1.88 bits per heavy atom. The lowest BCUT2D eigenvalue weighted by atomic mass is 10.2. The highest BCUT2D eigenvalue weighted by atomic mass is 16.6. The molecular weight excluding hydrogens is 338 g/mol. The second-order valence-electron chi connectivity index (χ2n) is 6.19. The van der Waals surface area contributed by atoms with Crippen molar-refractivity contribution in [2.45, 2.75) is 25.4 Å². The normalized spacial score (nSPS) is 13.7. The summed E-state index contributed by atoms with van der Waals surface area (Å²) < 4.78 is 2.17. The summed E-state index contributed by atoms with van der Waals surface area (Å²) in [5, 5.41) is 25.1. The predicted molar refractivity (Wildman–Crippen MR) is 95.1 cm³/mol. The molecule has 0 aliphatic heterocycles. The van der Waals surface area contributed by atoms with E-state index in [2.05, 4.69) is 14.9 Å². The SMILES string of the molecule is O=[N+]([O-])c1ccc(NCc2nc3ccccc3n2C2CC2)c([N+](=O)[O-])c1. The van der Waals surface area contributed by atoms with E-state index in [1.807, 2.05) is 24.3 Å². The van der Waals surface area contributed by atoms with E-state index < -0.39 is 9.85 Å². The van der Waals surface area contributed by atoms with Gasteiger partial charge in [-0.15, -0.1) is 0 Å². The number of non-ortho nitro benzene ring substituents is 1. The van der Waals surface area contributed by atoms with Gasteiger partial charge in [-0.3, -0.25) is 20.2 Å². The second-order valence-corrected chi connectivity index (χ2v) is 6.19. The summed E-state index contributed by atoms with van der Waals surface area (Å²) in [6, 6.07) is 11.8. The van der Waals surface area contributed by atoms with Crippen LogP contribution < -0.4 is 5.32 Å². The monoisotopic (exact) mass is 353 g/mol. The third kappa shape index (κ3) is 2.83. The molecule has 3 aromatic rings. The standard InChI is InChI=1S/C17H15N5O4/c23-21(24)12-7-8-13(16(9-12)22(25)26)18-10-17-19-14-3-1-2-4-15(14)20(17)11-5-6-11/h1-4,7-9,11,18H,5-6,10H2. The average Bonchev–Trinajstić information content (AvgIpc) is 3.39. The van der Waals surface area contributed by atoms with E-state index in [4.69, 9.17) is 0 Å². The first-order valence-corrected chi connectivity index (χ1v) is 8.17. The van der Waals surface area contributed by atoms with Gasteiger partial charge in [-0.25, -0.2) is 4.98 Å².